The van der Waals surface area contributed by atoms with E-state index < -0.39 is 22.8 Å². The zero-order valence-electron chi connectivity index (χ0n) is 19.7. The van der Waals surface area contributed by atoms with Gasteiger partial charge < -0.3 is 19.5 Å². The molecule has 0 bridgehead atoms. The molecule has 13 heteroatoms. The van der Waals surface area contributed by atoms with Gasteiger partial charge in [0.1, 0.15) is 11.3 Å². The van der Waals surface area contributed by atoms with Crippen LogP contribution < -0.4 is 19.8 Å². The molecule has 0 spiro atoms. The number of carboxylic acid groups (broad SMARTS) is 1. The van der Waals surface area contributed by atoms with Crippen LogP contribution in [0.1, 0.15) is 16.1 Å². The number of rotatable bonds is 8. The standard InChI is InChI=1S/C24H20FN5O6S/c1-35-18-4-3-13(27-22(18)36-2)7-17(31)12-9-29(10-12)21-16(25)8-14-19(32)15(23(33)34)11-30(20(14)28-21)24-26-5-6-37-24/h3-6,8,11-12H,7,9-10H2,1-2H3,(H,33,34). The molecule has 0 unspecified atom stereocenters. The maximum atomic E-state index is 15.1. The lowest BCUT2D eigenvalue weighted by Gasteiger charge is -2.39. The smallest absolute Gasteiger partial charge is 0.341 e. The molecule has 11 nitrogen and oxygen atoms in total. The van der Waals surface area contributed by atoms with Gasteiger partial charge in [0.25, 0.3) is 5.88 Å². The first-order valence-electron chi connectivity index (χ1n) is 11.0. The fourth-order valence-corrected chi connectivity index (χ4v) is 4.73. The number of ether oxygens (including phenoxy) is 2. The molecular weight excluding hydrogens is 505 g/mol. The van der Waals surface area contributed by atoms with Crippen LogP contribution in [-0.2, 0) is 11.2 Å². The molecule has 4 aromatic rings. The number of carbonyl (C=O) groups excluding carboxylic acids is 1. The van der Waals surface area contributed by atoms with Gasteiger partial charge in [-0.05, 0) is 18.2 Å². The maximum Gasteiger partial charge on any atom is 0.341 e. The molecule has 190 valence electrons. The van der Waals surface area contributed by atoms with E-state index in [1.807, 2.05) is 0 Å². The van der Waals surface area contributed by atoms with Crippen LogP contribution in [0.4, 0.5) is 10.2 Å². The maximum absolute atomic E-state index is 15.1. The fourth-order valence-electron chi connectivity index (χ4n) is 4.11. The number of anilines is 1. The Morgan fingerprint density at radius 1 is 1.22 bits per heavy atom. The Labute approximate surface area is 212 Å². The number of nitrogens with zero attached hydrogens (tertiary/aromatic N) is 5. The Morgan fingerprint density at radius 2 is 2.00 bits per heavy atom. The first-order chi connectivity index (χ1) is 17.8. The van der Waals surface area contributed by atoms with Gasteiger partial charge in [-0.1, -0.05) is 0 Å². The van der Waals surface area contributed by atoms with Crippen molar-refractivity contribution in [2.75, 3.05) is 32.2 Å². The van der Waals surface area contributed by atoms with E-state index in [2.05, 4.69) is 15.0 Å². The number of aromatic nitrogens is 4. The van der Waals surface area contributed by atoms with Gasteiger partial charge in [-0.2, -0.15) is 0 Å². The summed E-state index contributed by atoms with van der Waals surface area (Å²) >= 11 is 1.21. The van der Waals surface area contributed by atoms with Crippen molar-refractivity contribution in [2.24, 2.45) is 5.92 Å². The third-order valence-corrected chi connectivity index (χ3v) is 6.83. The van der Waals surface area contributed by atoms with E-state index in [9.17, 15) is 19.5 Å². The number of fused-ring (bicyclic) bond motifs is 1. The summed E-state index contributed by atoms with van der Waals surface area (Å²) in [6.45, 7) is 0.465. The highest BCUT2D eigenvalue weighted by atomic mass is 32.1. The molecule has 1 aliphatic rings. The van der Waals surface area contributed by atoms with Crippen molar-refractivity contribution in [1.82, 2.24) is 19.5 Å². The minimum atomic E-state index is -1.44. The van der Waals surface area contributed by atoms with Crippen molar-refractivity contribution in [3.8, 4) is 16.8 Å². The summed E-state index contributed by atoms with van der Waals surface area (Å²) in [6.07, 6.45) is 2.74. The summed E-state index contributed by atoms with van der Waals surface area (Å²) in [5, 5.41) is 11.3. The molecule has 0 saturated carbocycles. The second-order valence-corrected chi connectivity index (χ2v) is 9.16. The zero-order valence-corrected chi connectivity index (χ0v) is 20.5. The molecule has 1 aliphatic heterocycles. The highest BCUT2D eigenvalue weighted by Gasteiger charge is 2.35. The molecule has 1 saturated heterocycles. The number of ketones is 1. The van der Waals surface area contributed by atoms with E-state index in [-0.39, 0.29) is 53.9 Å². The molecular formula is C24H20FN5O6S. The summed E-state index contributed by atoms with van der Waals surface area (Å²) in [5.41, 5.74) is -0.758. The van der Waals surface area contributed by atoms with E-state index >= 15 is 4.39 Å². The van der Waals surface area contributed by atoms with E-state index in [0.717, 1.165) is 12.3 Å². The van der Waals surface area contributed by atoms with Gasteiger partial charge in [0.05, 0.1) is 31.2 Å². The number of hydrogen-bond donors (Lipinski definition) is 1. The lowest BCUT2D eigenvalue weighted by molar-refractivity contribution is -0.123. The zero-order chi connectivity index (χ0) is 26.3. The second-order valence-electron chi connectivity index (χ2n) is 8.29. The molecule has 1 N–H and O–H groups in total. The highest BCUT2D eigenvalue weighted by molar-refractivity contribution is 7.12. The summed E-state index contributed by atoms with van der Waals surface area (Å²) in [5.74, 6) is -1.94. The van der Waals surface area contributed by atoms with E-state index in [1.54, 1.807) is 22.4 Å². The molecule has 0 atom stereocenters. The Hall–Kier alpha value is -4.39. The van der Waals surface area contributed by atoms with Gasteiger partial charge in [-0.3, -0.25) is 14.2 Å². The molecule has 5 heterocycles. The predicted molar refractivity (Wildman–Crippen MR) is 132 cm³/mol. The number of Topliss-reactive ketones (excluding diaryl/α,β-unsaturated/α-hetero) is 1. The van der Waals surface area contributed by atoms with Crippen molar-refractivity contribution in [2.45, 2.75) is 6.42 Å². The van der Waals surface area contributed by atoms with Gasteiger partial charge in [-0.15, -0.1) is 11.3 Å². The minimum absolute atomic E-state index is 0.0337. The number of thiazole rings is 1. The van der Waals surface area contributed by atoms with Crippen molar-refractivity contribution in [3.63, 3.8) is 0 Å². The summed E-state index contributed by atoms with van der Waals surface area (Å²) < 4.78 is 26.8. The predicted octanol–water partition coefficient (Wildman–Crippen LogP) is 2.34. The molecule has 0 radical (unpaired) electrons. The number of aromatic carboxylic acids is 1. The van der Waals surface area contributed by atoms with Crippen LogP contribution in [0.2, 0.25) is 0 Å². The SMILES string of the molecule is COc1ccc(CC(=O)C2CN(c3nc4c(cc3F)c(=O)c(C(=O)O)cn4-c3nccs3)C2)nc1OC. The fraction of sp³-hybridized carbons (Fsp3) is 0.250. The highest BCUT2D eigenvalue weighted by Crippen LogP contribution is 2.30. The first-order valence-corrected chi connectivity index (χ1v) is 11.9. The van der Waals surface area contributed by atoms with Crippen LogP contribution in [0.25, 0.3) is 16.2 Å². The summed E-state index contributed by atoms with van der Waals surface area (Å²) in [7, 11) is 2.95. The Kier molecular flexibility index (Phi) is 6.29. The Balaban J connectivity index is 1.41. The van der Waals surface area contributed by atoms with Gasteiger partial charge in [0.15, 0.2) is 28.2 Å². The van der Waals surface area contributed by atoms with Crippen molar-refractivity contribution in [1.29, 1.82) is 0 Å². The van der Waals surface area contributed by atoms with Crippen LogP contribution in [0, 0.1) is 11.7 Å². The van der Waals surface area contributed by atoms with Crippen LogP contribution in [0.3, 0.4) is 0 Å². The number of carboxylic acids is 1. The van der Waals surface area contributed by atoms with Crippen LogP contribution in [-0.4, -0.2) is 63.7 Å². The van der Waals surface area contributed by atoms with Gasteiger partial charge in [0.2, 0.25) is 5.43 Å². The number of hydrogen-bond acceptors (Lipinski definition) is 10. The molecule has 5 rings (SSSR count). The van der Waals surface area contributed by atoms with Crippen LogP contribution in [0.5, 0.6) is 11.6 Å². The number of methoxy groups -OCH3 is 2. The van der Waals surface area contributed by atoms with Gasteiger partial charge >= 0.3 is 5.97 Å². The number of pyridine rings is 3. The number of carbonyl (C=O) groups is 2. The molecule has 4 aromatic heterocycles. The Bertz CT molecular complexity index is 1580. The van der Waals surface area contributed by atoms with Gasteiger partial charge in [-0.25, -0.2) is 24.1 Å². The van der Waals surface area contributed by atoms with Crippen LogP contribution >= 0.6 is 11.3 Å². The van der Waals surface area contributed by atoms with Gasteiger partial charge in [0, 0.05) is 37.3 Å². The summed E-state index contributed by atoms with van der Waals surface area (Å²) in [6, 6.07) is 4.34. The average molecular weight is 526 g/mol. The molecule has 0 amide bonds. The monoisotopic (exact) mass is 525 g/mol. The quantitative estimate of drug-likeness (QED) is 0.365. The number of halogens is 1. The topological polar surface area (TPSA) is 137 Å². The van der Waals surface area contributed by atoms with Crippen molar-refractivity contribution < 1.29 is 28.6 Å². The molecule has 0 aliphatic carbocycles. The second kappa shape index (κ2) is 9.58. The Morgan fingerprint density at radius 3 is 2.65 bits per heavy atom. The third kappa shape index (κ3) is 4.37. The van der Waals surface area contributed by atoms with Crippen molar-refractivity contribution >= 4 is 39.9 Å². The summed E-state index contributed by atoms with van der Waals surface area (Å²) in [4.78, 5) is 51.6. The average Bonchev–Trinajstić information content (AvgIpc) is 3.38. The van der Waals surface area contributed by atoms with Crippen molar-refractivity contribution in [3.05, 3.63) is 63.3 Å². The minimum Gasteiger partial charge on any atom is -0.491 e. The normalized spacial score (nSPS) is 13.4. The van der Waals surface area contributed by atoms with E-state index in [4.69, 9.17) is 9.47 Å². The van der Waals surface area contributed by atoms with Crippen LogP contribution in [0.15, 0.2) is 40.8 Å². The van der Waals surface area contributed by atoms with E-state index in [1.165, 1.54) is 36.3 Å². The lowest BCUT2D eigenvalue weighted by atomic mass is 9.92. The van der Waals surface area contributed by atoms with E-state index in [0.29, 0.717) is 16.6 Å². The lowest BCUT2D eigenvalue weighted by Crippen LogP contribution is -2.51. The largest absolute Gasteiger partial charge is 0.491 e. The molecule has 0 aromatic carbocycles. The molecule has 37 heavy (non-hydrogen) atoms. The third-order valence-electron chi connectivity index (χ3n) is 6.06. The first kappa shape index (κ1) is 24.3. The molecule has 1 fully saturated rings.